The summed E-state index contributed by atoms with van der Waals surface area (Å²) in [5.74, 6) is -2.58. The maximum Gasteiger partial charge on any atom is 0.588 e. The van der Waals surface area contributed by atoms with Gasteiger partial charge in [0.15, 0.2) is 0 Å². The molecule has 0 aromatic heterocycles. The van der Waals surface area contributed by atoms with E-state index in [4.69, 9.17) is 5.11 Å². The molecular weight excluding hydrogens is 259 g/mol. The average molecular weight is 270 g/mol. The van der Waals surface area contributed by atoms with Crippen molar-refractivity contribution in [2.45, 2.75) is 6.92 Å². The van der Waals surface area contributed by atoms with Gasteiger partial charge in [-0.15, -0.1) is 9.35 Å². The summed E-state index contributed by atoms with van der Waals surface area (Å²) in [5, 5.41) is 8.37. The topological polar surface area (TPSA) is 118 Å². The largest absolute Gasteiger partial charge is 0.588 e. The lowest BCUT2D eigenvalue weighted by Gasteiger charge is -2.12. The number of hydrogen-bond acceptors (Lipinski definition) is 8. The Morgan fingerprint density at radius 2 is 1.65 bits per heavy atom. The molecule has 0 unspecified atom stereocenters. The fourth-order valence-corrected chi connectivity index (χ4v) is 1.44. The van der Waals surface area contributed by atoms with Gasteiger partial charge in [-0.3, -0.25) is 0 Å². The summed E-state index contributed by atoms with van der Waals surface area (Å²) in [4.78, 5) is 29.6. The van der Waals surface area contributed by atoms with Gasteiger partial charge in [-0.25, -0.2) is 23.9 Å². The highest BCUT2D eigenvalue weighted by atomic mass is 31.2. The highest BCUT2D eigenvalue weighted by Gasteiger charge is 2.34. The first-order valence-corrected chi connectivity index (χ1v) is 5.50. The first kappa shape index (κ1) is 15.8. The third kappa shape index (κ3) is 6.15. The number of carboxylic acids is 1. The van der Waals surface area contributed by atoms with Crippen LogP contribution in [-0.4, -0.2) is 31.3 Å². The molecule has 0 saturated heterocycles. The lowest BCUT2D eigenvalue weighted by molar-refractivity contribution is -0.257. The molecule has 0 aromatic rings. The summed E-state index contributed by atoms with van der Waals surface area (Å²) >= 11 is 0. The number of rotatable bonds is 7. The predicted octanol–water partition coefficient (Wildman–Crippen LogP) is 0.825. The smallest absolute Gasteiger partial charge is 0.478 e. The zero-order valence-corrected chi connectivity index (χ0v) is 10.1. The van der Waals surface area contributed by atoms with Crippen molar-refractivity contribution in [3.8, 4) is 0 Å². The van der Waals surface area contributed by atoms with Crippen LogP contribution in [-0.2, 0) is 37.8 Å². The maximum absolute atomic E-state index is 11.5. The Bertz CT molecular complexity index is 350. The van der Waals surface area contributed by atoms with Gasteiger partial charge in [0.1, 0.15) is 0 Å². The second-order valence-electron chi connectivity index (χ2n) is 2.47. The van der Waals surface area contributed by atoms with Crippen molar-refractivity contribution in [2.75, 3.05) is 14.2 Å². The molecule has 0 fully saturated rings. The van der Waals surface area contributed by atoms with Crippen LogP contribution in [0.15, 0.2) is 11.6 Å². The van der Waals surface area contributed by atoms with E-state index in [-0.39, 0.29) is 5.57 Å². The molecular formula is C7H11O9P. The Morgan fingerprint density at radius 3 is 2.00 bits per heavy atom. The lowest BCUT2D eigenvalue weighted by Crippen LogP contribution is -2.09. The zero-order chi connectivity index (χ0) is 13.5. The number of hydrogen-bond donors (Lipinski definition) is 1. The monoisotopic (exact) mass is 270 g/mol. The SMILES string of the molecule is COOP(=O)(OOC)OC(=O)/C(C)=C\C(=O)O. The summed E-state index contributed by atoms with van der Waals surface area (Å²) < 4.78 is 23.9. The van der Waals surface area contributed by atoms with Crippen molar-refractivity contribution in [1.29, 1.82) is 0 Å². The van der Waals surface area contributed by atoms with E-state index in [0.717, 1.165) is 21.1 Å². The molecule has 0 bridgehead atoms. The zero-order valence-electron chi connectivity index (χ0n) is 9.24. The Hall–Kier alpha value is -1.25. The number of aliphatic carboxylic acids is 1. The molecule has 0 saturated carbocycles. The molecule has 1 N–H and O–H groups in total. The summed E-state index contributed by atoms with van der Waals surface area (Å²) in [6.07, 6.45) is 0.562. The first-order chi connectivity index (χ1) is 7.84. The Balaban J connectivity index is 4.73. The van der Waals surface area contributed by atoms with Crippen molar-refractivity contribution in [2.24, 2.45) is 0 Å². The van der Waals surface area contributed by atoms with Crippen LogP contribution in [0.3, 0.4) is 0 Å². The Kier molecular flexibility index (Phi) is 6.62. The molecule has 0 aliphatic heterocycles. The van der Waals surface area contributed by atoms with Gasteiger partial charge < -0.3 is 9.63 Å². The quantitative estimate of drug-likeness (QED) is 0.310. The third-order valence-corrected chi connectivity index (χ3v) is 2.24. The van der Waals surface area contributed by atoms with Crippen LogP contribution >= 0.6 is 7.82 Å². The van der Waals surface area contributed by atoms with Crippen LogP contribution < -0.4 is 0 Å². The molecule has 0 rings (SSSR count). The van der Waals surface area contributed by atoms with Gasteiger partial charge in [0.05, 0.1) is 14.2 Å². The minimum atomic E-state index is -4.40. The molecule has 9 nitrogen and oxygen atoms in total. The van der Waals surface area contributed by atoms with Gasteiger partial charge in [0, 0.05) is 11.6 Å². The highest BCUT2D eigenvalue weighted by Crippen LogP contribution is 2.50. The second kappa shape index (κ2) is 7.15. The molecule has 0 atom stereocenters. The van der Waals surface area contributed by atoms with Crippen molar-refractivity contribution >= 4 is 19.8 Å². The number of carbonyl (C=O) groups excluding carboxylic acids is 1. The molecule has 0 amide bonds. The van der Waals surface area contributed by atoms with Crippen molar-refractivity contribution < 1.29 is 42.9 Å². The molecule has 0 spiro atoms. The molecule has 0 radical (unpaired) electrons. The molecule has 0 aromatic carbocycles. The fraction of sp³-hybridized carbons (Fsp3) is 0.429. The van der Waals surface area contributed by atoms with Crippen LogP contribution in [0.5, 0.6) is 0 Å². The normalized spacial score (nSPS) is 12.3. The van der Waals surface area contributed by atoms with E-state index in [2.05, 4.69) is 23.6 Å². The summed E-state index contributed by atoms with van der Waals surface area (Å²) in [5.41, 5.74) is -0.322. The predicted molar refractivity (Wildman–Crippen MR) is 51.3 cm³/mol. The Labute approximate surface area is 96.3 Å². The molecule has 0 heterocycles. The van der Waals surface area contributed by atoms with Crippen molar-refractivity contribution in [3.63, 3.8) is 0 Å². The number of phosphoric acid groups is 1. The minimum Gasteiger partial charge on any atom is -0.478 e. The lowest BCUT2D eigenvalue weighted by atomic mass is 10.3. The van der Waals surface area contributed by atoms with Gasteiger partial charge in [-0.05, 0) is 6.92 Å². The molecule has 0 aliphatic carbocycles. The molecule has 17 heavy (non-hydrogen) atoms. The van der Waals surface area contributed by atoms with Crippen LogP contribution in [0.2, 0.25) is 0 Å². The summed E-state index contributed by atoms with van der Waals surface area (Å²) in [6.45, 7) is 1.14. The van der Waals surface area contributed by atoms with Crippen LogP contribution in [0, 0.1) is 0 Å². The second-order valence-corrected chi connectivity index (χ2v) is 3.85. The molecule has 10 heteroatoms. The fourth-order valence-electron chi connectivity index (χ4n) is 0.643. The van der Waals surface area contributed by atoms with E-state index in [0.29, 0.717) is 6.08 Å². The van der Waals surface area contributed by atoms with Gasteiger partial charge in [-0.2, -0.15) is 0 Å². The van der Waals surface area contributed by atoms with Gasteiger partial charge in [-0.1, -0.05) is 0 Å². The van der Waals surface area contributed by atoms with Crippen molar-refractivity contribution in [1.82, 2.24) is 0 Å². The van der Waals surface area contributed by atoms with Crippen LogP contribution in [0.1, 0.15) is 6.92 Å². The highest BCUT2D eigenvalue weighted by molar-refractivity contribution is 7.48. The average Bonchev–Trinajstić information content (AvgIpc) is 2.16. The van der Waals surface area contributed by atoms with Gasteiger partial charge >= 0.3 is 19.8 Å². The van der Waals surface area contributed by atoms with E-state index < -0.39 is 19.8 Å². The van der Waals surface area contributed by atoms with E-state index in [1.807, 2.05) is 0 Å². The van der Waals surface area contributed by atoms with Crippen LogP contribution in [0.4, 0.5) is 0 Å². The molecule has 0 aliphatic rings. The Morgan fingerprint density at radius 1 is 1.18 bits per heavy atom. The first-order valence-electron chi connectivity index (χ1n) is 4.04. The summed E-state index contributed by atoms with van der Waals surface area (Å²) in [6, 6.07) is 0. The summed E-state index contributed by atoms with van der Waals surface area (Å²) in [7, 11) is -2.40. The number of carbonyl (C=O) groups is 2. The van der Waals surface area contributed by atoms with E-state index in [9.17, 15) is 14.2 Å². The van der Waals surface area contributed by atoms with Gasteiger partial charge in [0.25, 0.3) is 0 Å². The minimum absolute atomic E-state index is 0.322. The van der Waals surface area contributed by atoms with Crippen LogP contribution in [0.25, 0.3) is 0 Å². The van der Waals surface area contributed by atoms with Gasteiger partial charge in [0.2, 0.25) is 0 Å². The third-order valence-electron chi connectivity index (χ3n) is 1.19. The van der Waals surface area contributed by atoms with E-state index >= 15 is 0 Å². The standard InChI is InChI=1S/C7H11O9P/c1-5(4-6(8)9)7(10)14-17(11,15-12-2)16-13-3/h4H,1-3H3,(H,8,9)/b5-4-. The van der Waals surface area contributed by atoms with E-state index in [1.165, 1.54) is 0 Å². The maximum atomic E-state index is 11.5. The molecule has 98 valence electrons. The number of carboxylic acid groups (broad SMARTS) is 1. The van der Waals surface area contributed by atoms with E-state index in [1.54, 1.807) is 0 Å². The van der Waals surface area contributed by atoms with Crippen molar-refractivity contribution in [3.05, 3.63) is 11.6 Å².